The number of hydrogen-bond donors (Lipinski definition) is 1. The summed E-state index contributed by atoms with van der Waals surface area (Å²) in [4.78, 5) is 4.59. The first kappa shape index (κ1) is 13.4. The molecule has 1 aliphatic heterocycles. The molecule has 5 heteroatoms. The molecule has 106 valence electrons. The maximum absolute atomic E-state index is 5.44. The van der Waals surface area contributed by atoms with Crippen molar-refractivity contribution in [3.63, 3.8) is 0 Å². The van der Waals surface area contributed by atoms with Crippen LogP contribution in [0.3, 0.4) is 0 Å². The summed E-state index contributed by atoms with van der Waals surface area (Å²) in [6, 6.07) is 0. The first-order valence-electron chi connectivity index (χ1n) is 7.47. The van der Waals surface area contributed by atoms with Crippen molar-refractivity contribution < 1.29 is 4.52 Å². The van der Waals surface area contributed by atoms with Crippen molar-refractivity contribution in [1.29, 1.82) is 0 Å². The fourth-order valence-electron chi connectivity index (χ4n) is 3.04. The summed E-state index contributed by atoms with van der Waals surface area (Å²) in [5.74, 6) is 3.62. The summed E-state index contributed by atoms with van der Waals surface area (Å²) in [5, 5.41) is 8.33. The van der Waals surface area contributed by atoms with E-state index < -0.39 is 0 Å². The Labute approximate surface area is 119 Å². The van der Waals surface area contributed by atoms with Gasteiger partial charge in [-0.3, -0.25) is 0 Å². The number of nitrogens with zero attached hydrogens (tertiary/aromatic N) is 2. The lowest BCUT2D eigenvalue weighted by Gasteiger charge is -2.20. The Morgan fingerprint density at radius 3 is 2.84 bits per heavy atom. The highest BCUT2D eigenvalue weighted by molar-refractivity contribution is 7.99. The Hall–Kier alpha value is -0.550. The van der Waals surface area contributed by atoms with Gasteiger partial charge in [0.05, 0.1) is 11.7 Å². The molecule has 1 saturated carbocycles. The normalized spacial score (nSPS) is 28.9. The van der Waals surface area contributed by atoms with Gasteiger partial charge >= 0.3 is 0 Å². The fourth-order valence-corrected chi connectivity index (χ4v) is 4.21. The van der Waals surface area contributed by atoms with Crippen LogP contribution in [0.15, 0.2) is 4.52 Å². The zero-order chi connectivity index (χ0) is 13.1. The lowest BCUT2D eigenvalue weighted by Crippen LogP contribution is -2.09. The molecule has 0 spiro atoms. The van der Waals surface area contributed by atoms with E-state index in [1.165, 1.54) is 32.1 Å². The second kappa shape index (κ2) is 6.27. The van der Waals surface area contributed by atoms with Crippen molar-refractivity contribution in [3.05, 3.63) is 11.7 Å². The van der Waals surface area contributed by atoms with Crippen molar-refractivity contribution in [2.45, 2.75) is 55.9 Å². The van der Waals surface area contributed by atoms with E-state index in [1.54, 1.807) is 0 Å². The third-order valence-electron chi connectivity index (χ3n) is 4.32. The second-order valence-corrected chi connectivity index (χ2v) is 7.15. The van der Waals surface area contributed by atoms with E-state index in [0.29, 0.717) is 11.8 Å². The van der Waals surface area contributed by atoms with E-state index in [9.17, 15) is 0 Å². The summed E-state index contributed by atoms with van der Waals surface area (Å²) >= 11 is 2.01. The summed E-state index contributed by atoms with van der Waals surface area (Å²) in [6.07, 6.45) is 6.91. The van der Waals surface area contributed by atoms with E-state index in [0.717, 1.165) is 35.8 Å². The lowest BCUT2D eigenvalue weighted by atomic mass is 9.98. The van der Waals surface area contributed by atoms with Gasteiger partial charge in [0.25, 0.3) is 0 Å². The quantitative estimate of drug-likeness (QED) is 0.919. The molecule has 0 radical (unpaired) electrons. The molecular formula is C14H23N3OS. The monoisotopic (exact) mass is 281 g/mol. The molecule has 2 heterocycles. The van der Waals surface area contributed by atoms with Crippen molar-refractivity contribution in [2.24, 2.45) is 5.92 Å². The molecule has 19 heavy (non-hydrogen) atoms. The van der Waals surface area contributed by atoms with Crippen LogP contribution in [0.25, 0.3) is 0 Å². The molecule has 1 N–H and O–H groups in total. The molecule has 2 unspecified atom stereocenters. The zero-order valence-corrected chi connectivity index (χ0v) is 12.4. The predicted molar refractivity (Wildman–Crippen MR) is 77.2 cm³/mol. The Morgan fingerprint density at radius 1 is 1.26 bits per heavy atom. The van der Waals surface area contributed by atoms with Gasteiger partial charge < -0.3 is 9.84 Å². The first-order chi connectivity index (χ1) is 9.33. The van der Waals surface area contributed by atoms with Gasteiger partial charge in [0, 0.05) is 11.8 Å². The minimum Gasteiger partial charge on any atom is -0.339 e. The summed E-state index contributed by atoms with van der Waals surface area (Å²) in [5.41, 5.74) is 0. The van der Waals surface area contributed by atoms with Crippen molar-refractivity contribution in [1.82, 2.24) is 15.5 Å². The molecule has 2 atom stereocenters. The van der Waals surface area contributed by atoms with Crippen molar-refractivity contribution >= 4 is 11.8 Å². The third kappa shape index (κ3) is 3.31. The molecular weight excluding hydrogens is 258 g/mol. The zero-order valence-electron chi connectivity index (χ0n) is 11.6. The first-order valence-corrected chi connectivity index (χ1v) is 8.52. The lowest BCUT2D eigenvalue weighted by molar-refractivity contribution is 0.337. The molecule has 0 bridgehead atoms. The largest absolute Gasteiger partial charge is 0.339 e. The summed E-state index contributed by atoms with van der Waals surface area (Å²) in [7, 11) is 0. The summed E-state index contributed by atoms with van der Waals surface area (Å²) < 4.78 is 5.44. The van der Waals surface area contributed by atoms with Crippen LogP contribution in [0.2, 0.25) is 0 Å². The van der Waals surface area contributed by atoms with Crippen molar-refractivity contribution in [2.75, 3.05) is 13.1 Å². The molecule has 1 aromatic rings. The number of thioether (sulfide) groups is 1. The van der Waals surface area contributed by atoms with Crippen LogP contribution in [0.1, 0.15) is 56.7 Å². The fraction of sp³-hybridized carbons (Fsp3) is 0.857. The number of rotatable bonds is 4. The van der Waals surface area contributed by atoms with Crippen LogP contribution in [0, 0.1) is 5.92 Å². The van der Waals surface area contributed by atoms with Gasteiger partial charge in [-0.25, -0.2) is 0 Å². The molecule has 1 saturated heterocycles. The Balaban J connectivity index is 1.52. The van der Waals surface area contributed by atoms with Crippen LogP contribution in [-0.4, -0.2) is 28.5 Å². The highest BCUT2D eigenvalue weighted by Gasteiger charge is 2.29. The average Bonchev–Trinajstić information content (AvgIpc) is 3.06. The number of aromatic nitrogens is 2. The molecule has 0 aromatic carbocycles. The molecule has 0 amide bonds. The highest BCUT2D eigenvalue weighted by atomic mass is 32.2. The Bertz CT molecular complexity index is 403. The van der Waals surface area contributed by atoms with Crippen molar-refractivity contribution in [3.8, 4) is 0 Å². The van der Waals surface area contributed by atoms with Gasteiger partial charge in [-0.05, 0) is 25.3 Å². The average molecular weight is 281 g/mol. The van der Waals surface area contributed by atoms with Crippen LogP contribution >= 0.6 is 11.8 Å². The minimum atomic E-state index is 0.404. The molecule has 4 nitrogen and oxygen atoms in total. The Kier molecular flexibility index (Phi) is 4.43. The van der Waals surface area contributed by atoms with E-state index in [4.69, 9.17) is 4.52 Å². The maximum atomic E-state index is 5.44. The van der Waals surface area contributed by atoms with E-state index in [-0.39, 0.29) is 0 Å². The topological polar surface area (TPSA) is 51.0 Å². The van der Waals surface area contributed by atoms with Gasteiger partial charge in [0.15, 0.2) is 5.82 Å². The second-order valence-electron chi connectivity index (χ2n) is 5.86. The highest BCUT2D eigenvalue weighted by Crippen LogP contribution is 2.31. The van der Waals surface area contributed by atoms with Crippen LogP contribution in [0.4, 0.5) is 0 Å². The van der Waals surface area contributed by atoms with E-state index in [2.05, 4.69) is 22.4 Å². The van der Waals surface area contributed by atoms with Gasteiger partial charge in [0.1, 0.15) is 0 Å². The third-order valence-corrected chi connectivity index (χ3v) is 5.69. The molecule has 3 rings (SSSR count). The Morgan fingerprint density at radius 2 is 2.11 bits per heavy atom. The van der Waals surface area contributed by atoms with E-state index >= 15 is 0 Å². The summed E-state index contributed by atoms with van der Waals surface area (Å²) in [6.45, 7) is 4.27. The minimum absolute atomic E-state index is 0.404. The van der Waals surface area contributed by atoms with Gasteiger partial charge in [-0.1, -0.05) is 31.3 Å². The van der Waals surface area contributed by atoms with Crippen LogP contribution in [-0.2, 0) is 5.75 Å². The maximum Gasteiger partial charge on any atom is 0.231 e. The van der Waals surface area contributed by atoms with Crippen LogP contribution < -0.4 is 5.32 Å². The smallest absolute Gasteiger partial charge is 0.231 e. The SMILES string of the molecule is CC1CNCC1c1nc(CSC2CCCCC2)no1. The van der Waals surface area contributed by atoms with Gasteiger partial charge in [0.2, 0.25) is 5.89 Å². The van der Waals surface area contributed by atoms with Gasteiger partial charge in [-0.2, -0.15) is 16.7 Å². The van der Waals surface area contributed by atoms with Gasteiger partial charge in [-0.15, -0.1) is 0 Å². The number of hydrogen-bond acceptors (Lipinski definition) is 5. The molecule has 2 fully saturated rings. The molecule has 1 aliphatic carbocycles. The standard InChI is InChI=1S/C14H23N3OS/c1-10-7-15-8-12(10)14-16-13(17-18-14)9-19-11-5-3-2-4-6-11/h10-12,15H,2-9H2,1H3. The molecule has 1 aromatic heterocycles. The van der Waals surface area contributed by atoms with E-state index in [1.807, 2.05) is 11.8 Å². The predicted octanol–water partition coefficient (Wildman–Crippen LogP) is 2.96. The van der Waals surface area contributed by atoms with Crippen LogP contribution in [0.5, 0.6) is 0 Å². The molecule has 2 aliphatic rings. The number of nitrogens with one attached hydrogen (secondary N) is 1.